The van der Waals surface area contributed by atoms with Gasteiger partial charge in [0.1, 0.15) is 0 Å². The number of allylic oxidation sites excluding steroid dienone is 4. The van der Waals surface area contributed by atoms with Crippen LogP contribution in [0.1, 0.15) is 50.7 Å². The Hall–Kier alpha value is -5.22. The minimum atomic E-state index is -1.00. The molecular formula is C34H34Cl2CuN4O12-2. The number of hydrogen-bond acceptors (Lipinski definition) is 12. The Morgan fingerprint density at radius 3 is 1.00 bits per heavy atom. The monoisotopic (exact) mass is 823 g/mol. The molecule has 289 valence electrons. The van der Waals surface area contributed by atoms with Crippen LogP contribution in [0.3, 0.4) is 0 Å². The number of rotatable bonds is 8. The molecule has 2 aliphatic rings. The number of esters is 4. The van der Waals surface area contributed by atoms with Gasteiger partial charge in [0, 0.05) is 45.6 Å². The minimum absolute atomic E-state index is 0.0720. The van der Waals surface area contributed by atoms with E-state index < -0.39 is 45.6 Å². The molecule has 2 aliphatic heterocycles. The normalized spacial score (nSPS) is 14.5. The Morgan fingerprint density at radius 1 is 0.566 bits per heavy atom. The number of halogens is 2. The molecule has 0 atom stereocenters. The van der Waals surface area contributed by atoms with Gasteiger partial charge in [0.05, 0.1) is 50.1 Å². The summed E-state index contributed by atoms with van der Waals surface area (Å²) in [6, 6.07) is 11.9. The number of nitro groups is 2. The average Bonchev–Trinajstić information content (AvgIpc) is 3.13. The zero-order valence-electron chi connectivity index (χ0n) is 29.5. The second kappa shape index (κ2) is 20.1. The first-order chi connectivity index (χ1) is 25.1. The van der Waals surface area contributed by atoms with Crippen molar-refractivity contribution in [2.75, 3.05) is 28.4 Å². The maximum atomic E-state index is 12.3. The standard InChI is InChI=1S/2C17H18N2O6.2ClH.Cu/c2*1-9-13(16(20)24-3)15(14(10(2)18-9)17(21)25-4)11-7-5-6-8-12(11)19(22)23;;;/h2*5-8,15H,1-4H3,(H,18,20,21);2*1H;/q;;;;+2/p-4. The predicted molar refractivity (Wildman–Crippen MR) is 189 cm³/mol. The van der Waals surface area contributed by atoms with E-state index in [4.69, 9.17) is 18.9 Å². The van der Waals surface area contributed by atoms with Crippen molar-refractivity contribution in [2.45, 2.75) is 39.5 Å². The summed E-state index contributed by atoms with van der Waals surface area (Å²) in [5.41, 5.74) is 1.59. The fourth-order valence-corrected chi connectivity index (χ4v) is 5.79. The molecule has 2 aromatic rings. The van der Waals surface area contributed by atoms with Crippen LogP contribution in [0.15, 0.2) is 93.6 Å². The van der Waals surface area contributed by atoms with E-state index >= 15 is 0 Å². The number of carbonyl (C=O) groups is 4. The fraction of sp³-hybridized carbons (Fsp3) is 0.294. The molecule has 0 unspecified atom stereocenters. The zero-order chi connectivity index (χ0) is 40.2. The van der Waals surface area contributed by atoms with Crippen LogP contribution in [0.5, 0.6) is 0 Å². The summed E-state index contributed by atoms with van der Waals surface area (Å²) in [7, 11) is 14.1. The number of nitrogens with zero attached hydrogens (tertiary/aromatic N) is 4. The number of hydrogen-bond donors (Lipinski definition) is 0. The molecule has 0 N–H and O–H groups in total. The fourth-order valence-electron chi connectivity index (χ4n) is 5.79. The number of ether oxygens (including phenoxy) is 4. The van der Waals surface area contributed by atoms with E-state index in [1.165, 1.54) is 64.8 Å². The van der Waals surface area contributed by atoms with Gasteiger partial charge in [-0.2, -0.15) is 22.8 Å². The van der Waals surface area contributed by atoms with Crippen molar-refractivity contribution in [3.05, 3.63) is 136 Å². The van der Waals surface area contributed by atoms with Crippen molar-refractivity contribution >= 4 is 55.4 Å². The molecule has 0 fully saturated rings. The van der Waals surface area contributed by atoms with Crippen molar-refractivity contribution < 1.29 is 61.1 Å². The summed E-state index contributed by atoms with van der Waals surface area (Å²) in [5, 5.41) is 31.3. The molecule has 0 spiro atoms. The Bertz CT molecular complexity index is 1710. The molecule has 0 radical (unpaired) electrons. The first-order valence-electron chi connectivity index (χ1n) is 15.0. The van der Waals surface area contributed by atoms with Crippen molar-refractivity contribution in [1.82, 2.24) is 0 Å². The number of methoxy groups -OCH3 is 4. The summed E-state index contributed by atoms with van der Waals surface area (Å²) < 4.78 is 19.2. The molecule has 53 heavy (non-hydrogen) atoms. The average molecular weight is 825 g/mol. The molecule has 2 heterocycles. The van der Waals surface area contributed by atoms with Crippen LogP contribution in [-0.2, 0) is 51.3 Å². The van der Waals surface area contributed by atoms with Crippen LogP contribution in [0.2, 0.25) is 0 Å². The summed E-state index contributed by atoms with van der Waals surface area (Å²) >= 11 is 0.757. The first kappa shape index (κ1) is 43.9. The topological polar surface area (TPSA) is 220 Å². The van der Waals surface area contributed by atoms with Gasteiger partial charge in [-0.25, -0.2) is 19.2 Å². The van der Waals surface area contributed by atoms with Crippen LogP contribution in [0.4, 0.5) is 11.4 Å². The van der Waals surface area contributed by atoms with E-state index in [0.29, 0.717) is 22.8 Å². The van der Waals surface area contributed by atoms with Gasteiger partial charge in [-0.3, -0.25) is 20.2 Å². The maximum absolute atomic E-state index is 12.3. The summed E-state index contributed by atoms with van der Waals surface area (Å²) in [4.78, 5) is 71.0. The van der Waals surface area contributed by atoms with Crippen molar-refractivity contribution in [1.29, 1.82) is 0 Å². The molecule has 0 amide bonds. The van der Waals surface area contributed by atoms with Crippen molar-refractivity contribution in [3.8, 4) is 0 Å². The van der Waals surface area contributed by atoms with Gasteiger partial charge in [0.2, 0.25) is 0 Å². The van der Waals surface area contributed by atoms with Gasteiger partial charge in [0.25, 0.3) is 11.4 Å². The Balaban J connectivity index is 0.000000341. The Kier molecular flexibility index (Phi) is 16.7. The molecule has 19 heteroatoms. The summed E-state index contributed by atoms with van der Waals surface area (Å²) in [6.45, 7) is 6.36. The predicted octanol–water partition coefficient (Wildman–Crippen LogP) is 7.30. The third-order valence-corrected chi connectivity index (χ3v) is 7.89. The SMILES string of the molecule is COC(=O)C1=C(C)[N-]C(C)=C(C(=O)OC)C1c1ccccc1[N+](=O)[O-].COC(=O)C1=C(C)[N-]C(C)=C(C(=O)OC)C1c1ccccc1[N+](=O)[O-].[Cl][Cu][Cl]. The second-order valence-electron chi connectivity index (χ2n) is 10.7. The molecule has 0 bridgehead atoms. The van der Waals surface area contributed by atoms with E-state index in [1.807, 2.05) is 0 Å². The quantitative estimate of drug-likeness (QED) is 0.0842. The second-order valence-corrected chi connectivity index (χ2v) is 12.3. The third-order valence-electron chi connectivity index (χ3n) is 7.89. The van der Waals surface area contributed by atoms with Gasteiger partial charge in [-0.15, -0.1) is 0 Å². The van der Waals surface area contributed by atoms with E-state index in [-0.39, 0.29) is 44.8 Å². The van der Waals surface area contributed by atoms with E-state index in [0.717, 1.165) is 13.1 Å². The zero-order valence-corrected chi connectivity index (χ0v) is 32.0. The molecule has 2 aromatic carbocycles. The number of nitro benzene ring substituents is 2. The first-order valence-corrected chi connectivity index (χ1v) is 17.5. The number of para-hydroxylation sites is 2. The molecule has 0 aromatic heterocycles. The summed E-state index contributed by atoms with van der Waals surface area (Å²) in [6.07, 6.45) is 0. The van der Waals surface area contributed by atoms with Crippen LogP contribution >= 0.6 is 20.2 Å². The van der Waals surface area contributed by atoms with Gasteiger partial charge in [0.15, 0.2) is 0 Å². The van der Waals surface area contributed by atoms with Crippen LogP contribution in [0.25, 0.3) is 10.6 Å². The Morgan fingerprint density at radius 2 is 0.792 bits per heavy atom. The molecule has 4 rings (SSSR count). The van der Waals surface area contributed by atoms with E-state index in [9.17, 15) is 39.4 Å². The van der Waals surface area contributed by atoms with Crippen LogP contribution < -0.4 is 0 Å². The van der Waals surface area contributed by atoms with E-state index in [2.05, 4.69) is 30.8 Å². The van der Waals surface area contributed by atoms with Gasteiger partial charge < -0.3 is 29.6 Å². The van der Waals surface area contributed by atoms with Gasteiger partial charge >= 0.3 is 57.2 Å². The van der Waals surface area contributed by atoms with Crippen LogP contribution in [-0.4, -0.2) is 62.2 Å². The molecular weight excluding hydrogens is 791 g/mol. The van der Waals surface area contributed by atoms with Gasteiger partial charge in [-0.1, -0.05) is 64.1 Å². The number of carbonyl (C=O) groups excluding carboxylic acids is 4. The number of benzene rings is 2. The van der Waals surface area contributed by atoms with Gasteiger partial charge in [-0.05, 0) is 0 Å². The molecule has 16 nitrogen and oxygen atoms in total. The van der Waals surface area contributed by atoms with E-state index in [1.54, 1.807) is 39.8 Å². The molecule has 0 saturated carbocycles. The summed E-state index contributed by atoms with van der Waals surface area (Å²) in [5.74, 6) is -4.84. The molecule has 0 aliphatic carbocycles. The third kappa shape index (κ3) is 10.0. The van der Waals surface area contributed by atoms with Crippen LogP contribution in [0, 0.1) is 20.2 Å². The molecule has 0 saturated heterocycles. The van der Waals surface area contributed by atoms with Crippen molar-refractivity contribution in [2.24, 2.45) is 0 Å². The van der Waals surface area contributed by atoms with Crippen molar-refractivity contribution in [3.63, 3.8) is 0 Å². The Labute approximate surface area is 319 Å².